The number of ketones is 2. The van der Waals surface area contributed by atoms with Crippen molar-refractivity contribution in [2.24, 2.45) is 20.5 Å². The second-order valence-electron chi connectivity index (χ2n) is 12.1. The molecule has 0 saturated carbocycles. The van der Waals surface area contributed by atoms with E-state index >= 15 is 0 Å². The predicted molar refractivity (Wildman–Crippen MR) is 208 cm³/mol. The summed E-state index contributed by atoms with van der Waals surface area (Å²) in [6.07, 6.45) is 3.39. The van der Waals surface area contributed by atoms with Crippen molar-refractivity contribution in [2.75, 3.05) is 10.6 Å². The van der Waals surface area contributed by atoms with Crippen molar-refractivity contribution in [1.29, 1.82) is 0 Å². The number of nitrogens with zero attached hydrogens (tertiary/aromatic N) is 4. The molecule has 4 aromatic rings. The van der Waals surface area contributed by atoms with E-state index in [4.69, 9.17) is 23.2 Å². The molecule has 4 rings (SSSR count). The van der Waals surface area contributed by atoms with E-state index in [2.05, 4.69) is 44.9 Å². The number of anilines is 2. The zero-order valence-corrected chi connectivity index (χ0v) is 31.6. The van der Waals surface area contributed by atoms with E-state index in [0.29, 0.717) is 28.2 Å². The van der Waals surface area contributed by atoms with Crippen molar-refractivity contribution in [3.8, 4) is 11.1 Å². The highest BCUT2D eigenvalue weighted by molar-refractivity contribution is 6.45. The van der Waals surface area contributed by atoms with Gasteiger partial charge in [-0.2, -0.15) is 20.5 Å². The summed E-state index contributed by atoms with van der Waals surface area (Å²) in [5.41, 5.74) is 7.67. The van der Waals surface area contributed by atoms with Gasteiger partial charge in [-0.15, -0.1) is 0 Å². The predicted octanol–water partition coefficient (Wildman–Crippen LogP) is 10.3. The normalized spacial score (nSPS) is 12.5. The largest absolute Gasteiger partial charge is 0.324 e. The average Bonchev–Trinajstić information content (AvgIpc) is 3.13. The molecule has 52 heavy (non-hydrogen) atoms. The van der Waals surface area contributed by atoms with Crippen LogP contribution < -0.4 is 10.6 Å². The number of amides is 2. The Balaban J connectivity index is 1.46. The molecule has 2 amide bonds. The fourth-order valence-electron chi connectivity index (χ4n) is 5.60. The van der Waals surface area contributed by atoms with Crippen LogP contribution in [0.3, 0.4) is 0 Å². The zero-order chi connectivity index (χ0) is 37.9. The van der Waals surface area contributed by atoms with Gasteiger partial charge in [0.2, 0.25) is 12.1 Å². The minimum absolute atomic E-state index is 0.0860. The minimum atomic E-state index is -1.39. The maximum absolute atomic E-state index is 13.0. The number of carbonyl (C=O) groups is 4. The van der Waals surface area contributed by atoms with Crippen LogP contribution >= 0.6 is 23.2 Å². The molecular weight excluding hydrogens is 699 g/mol. The summed E-state index contributed by atoms with van der Waals surface area (Å²) in [6.45, 7) is 10.8. The van der Waals surface area contributed by atoms with Gasteiger partial charge in [-0.1, -0.05) is 81.2 Å². The summed E-state index contributed by atoms with van der Waals surface area (Å²) >= 11 is 13.2. The van der Waals surface area contributed by atoms with Gasteiger partial charge in [-0.3, -0.25) is 19.2 Å². The number of aryl methyl sites for hydroxylation is 4. The van der Waals surface area contributed by atoms with Gasteiger partial charge in [-0.05, 0) is 110 Å². The summed E-state index contributed by atoms with van der Waals surface area (Å²) in [5, 5.41) is 22.2. The van der Waals surface area contributed by atoms with E-state index in [1.54, 1.807) is 42.5 Å². The Morgan fingerprint density at radius 3 is 1.48 bits per heavy atom. The van der Waals surface area contributed by atoms with E-state index < -0.39 is 35.5 Å². The Hall–Kier alpha value is -5.06. The minimum Gasteiger partial charge on any atom is -0.324 e. The van der Waals surface area contributed by atoms with E-state index in [1.165, 1.54) is 25.0 Å². The molecule has 0 aliphatic carbocycles. The number of azo groups is 2. The average molecular weight is 742 g/mol. The Morgan fingerprint density at radius 2 is 1.04 bits per heavy atom. The molecule has 0 radical (unpaired) electrons. The third kappa shape index (κ3) is 9.83. The third-order valence-corrected chi connectivity index (χ3v) is 9.42. The van der Waals surface area contributed by atoms with E-state index in [0.717, 1.165) is 36.8 Å². The molecule has 2 atom stereocenters. The molecular formula is C40H42Cl2N6O4. The molecule has 0 bridgehead atoms. The van der Waals surface area contributed by atoms with Crippen molar-refractivity contribution in [3.63, 3.8) is 0 Å². The van der Waals surface area contributed by atoms with Gasteiger partial charge in [0.05, 0.1) is 15.7 Å². The molecule has 0 aliphatic heterocycles. The van der Waals surface area contributed by atoms with E-state index in [1.807, 2.05) is 44.2 Å². The summed E-state index contributed by atoms with van der Waals surface area (Å²) < 4.78 is 0. The summed E-state index contributed by atoms with van der Waals surface area (Å²) in [7, 11) is 0. The molecule has 2 unspecified atom stereocenters. The number of nitrogens with one attached hydrogen (secondary N) is 2. The Kier molecular flexibility index (Phi) is 14.1. The lowest BCUT2D eigenvalue weighted by atomic mass is 10.0. The van der Waals surface area contributed by atoms with Gasteiger partial charge in [0, 0.05) is 16.9 Å². The first-order valence-electron chi connectivity index (χ1n) is 17.2. The molecule has 0 saturated heterocycles. The van der Waals surface area contributed by atoms with Crippen LogP contribution in [0.5, 0.6) is 0 Å². The van der Waals surface area contributed by atoms with E-state index in [-0.39, 0.29) is 15.7 Å². The molecule has 10 nitrogen and oxygen atoms in total. The first-order chi connectivity index (χ1) is 24.9. The number of benzene rings is 4. The molecule has 0 spiro atoms. The fourth-order valence-corrected chi connectivity index (χ4v) is 6.08. The Bertz CT molecular complexity index is 2030. The summed E-state index contributed by atoms with van der Waals surface area (Å²) in [5.74, 6) is -2.11. The first kappa shape index (κ1) is 39.7. The molecule has 0 aromatic heterocycles. The van der Waals surface area contributed by atoms with E-state index in [9.17, 15) is 19.2 Å². The number of carbonyl (C=O) groups excluding carboxylic acids is 4. The highest BCUT2D eigenvalue weighted by Gasteiger charge is 2.25. The summed E-state index contributed by atoms with van der Waals surface area (Å²) in [6, 6.07) is 18.7. The lowest BCUT2D eigenvalue weighted by Crippen LogP contribution is -2.31. The number of Topliss-reactive ketones (excluding diaryl/α,β-unsaturated/α-hetero) is 2. The Labute approximate surface area is 314 Å². The quantitative estimate of drug-likeness (QED) is 0.0924. The van der Waals surface area contributed by atoms with Crippen LogP contribution in [0, 0.1) is 0 Å². The van der Waals surface area contributed by atoms with Crippen LogP contribution in [0.25, 0.3) is 11.1 Å². The van der Waals surface area contributed by atoms with Crippen molar-refractivity contribution in [3.05, 3.63) is 105 Å². The second-order valence-corrected chi connectivity index (χ2v) is 12.9. The fraction of sp³-hybridized carbons (Fsp3) is 0.300. The van der Waals surface area contributed by atoms with Gasteiger partial charge in [0.15, 0.2) is 11.6 Å². The highest BCUT2D eigenvalue weighted by Crippen LogP contribution is 2.40. The van der Waals surface area contributed by atoms with Crippen LogP contribution in [-0.2, 0) is 44.9 Å². The number of hydrogen-bond donors (Lipinski definition) is 2. The monoisotopic (exact) mass is 740 g/mol. The van der Waals surface area contributed by atoms with Crippen molar-refractivity contribution in [1.82, 2.24) is 0 Å². The molecule has 0 aliphatic rings. The SMILES string of the molecule is CCc1ccc(NC(=O)C(N=Nc2ccc(-c3ccc(N=NC(C(C)=O)C(=O)Nc4ccc(CC)c(CC)c4)c(Cl)c3Cl)cc2)C(C)=O)cc1CC. The van der Waals surface area contributed by atoms with Crippen LogP contribution in [0.2, 0.25) is 10.0 Å². The van der Waals surface area contributed by atoms with Gasteiger partial charge < -0.3 is 10.6 Å². The standard InChI is InChI=1S/C40H42Cl2N6O4/c1-7-25-11-17-31(21-27(25)9-3)43-39(51)37(23(5)49)47-45-30-15-13-29(14-16-30)33-19-20-34(36(42)35(33)41)46-48-38(24(6)50)40(52)44-32-18-12-26(8-2)28(10-4)22-32/h11-22,37-38H,7-10H2,1-6H3,(H,43,51)(H,44,52). The first-order valence-corrected chi connectivity index (χ1v) is 17.9. The summed E-state index contributed by atoms with van der Waals surface area (Å²) in [4.78, 5) is 50.7. The maximum Gasteiger partial charge on any atom is 0.258 e. The third-order valence-electron chi connectivity index (χ3n) is 8.55. The van der Waals surface area contributed by atoms with Crippen LogP contribution in [0.4, 0.5) is 22.7 Å². The maximum atomic E-state index is 13.0. The van der Waals surface area contributed by atoms with Gasteiger partial charge in [-0.25, -0.2) is 0 Å². The molecule has 2 N–H and O–H groups in total. The van der Waals surface area contributed by atoms with Crippen molar-refractivity contribution < 1.29 is 19.2 Å². The number of hydrogen-bond acceptors (Lipinski definition) is 8. The molecule has 0 heterocycles. The van der Waals surface area contributed by atoms with Crippen molar-refractivity contribution in [2.45, 2.75) is 79.3 Å². The second kappa shape index (κ2) is 18.4. The smallest absolute Gasteiger partial charge is 0.258 e. The molecule has 270 valence electrons. The van der Waals surface area contributed by atoms with Crippen molar-refractivity contribution >= 4 is 69.3 Å². The lowest BCUT2D eigenvalue weighted by Gasteiger charge is -2.13. The lowest BCUT2D eigenvalue weighted by molar-refractivity contribution is -0.127. The van der Waals surface area contributed by atoms with Crippen LogP contribution in [0.15, 0.2) is 93.3 Å². The number of halogens is 2. The van der Waals surface area contributed by atoms with Gasteiger partial charge >= 0.3 is 0 Å². The van der Waals surface area contributed by atoms with Gasteiger partial charge in [0.25, 0.3) is 11.8 Å². The van der Waals surface area contributed by atoms with Crippen LogP contribution in [0.1, 0.15) is 63.8 Å². The topological polar surface area (TPSA) is 142 Å². The van der Waals surface area contributed by atoms with Crippen LogP contribution in [-0.4, -0.2) is 35.5 Å². The van der Waals surface area contributed by atoms with Gasteiger partial charge in [0.1, 0.15) is 5.69 Å². The molecule has 12 heteroatoms. The zero-order valence-electron chi connectivity index (χ0n) is 30.1. The number of rotatable bonds is 15. The molecule has 0 fully saturated rings. The Morgan fingerprint density at radius 1 is 0.577 bits per heavy atom. The highest BCUT2D eigenvalue weighted by atomic mass is 35.5. The molecule has 4 aromatic carbocycles.